The van der Waals surface area contributed by atoms with Gasteiger partial charge in [0.15, 0.2) is 6.10 Å². The number of phosphoric acid groups is 1. The number of hydrogen-bond donors (Lipinski definition) is 0. The molecule has 0 aromatic rings. The van der Waals surface area contributed by atoms with Gasteiger partial charge in [0, 0.05) is 12.8 Å². The number of nitrogens with zero attached hydrogens (tertiary/aromatic N) is 1. The minimum Gasteiger partial charge on any atom is -0.756 e. The molecular weight excluding hydrogens is 677 g/mol. The Bertz CT molecular complexity index is 991. The predicted octanol–water partition coefficient (Wildman–Crippen LogP) is 10.7. The fourth-order valence-corrected chi connectivity index (χ4v) is 6.09. The number of rotatable bonds is 37. The molecule has 0 radical (unpaired) electrons. The number of ether oxygens (including phenoxy) is 2. The normalized spacial score (nSPS) is 14.0. The molecule has 52 heavy (non-hydrogen) atoms. The zero-order valence-electron chi connectivity index (χ0n) is 34.0. The highest BCUT2D eigenvalue weighted by molar-refractivity contribution is 7.45. The van der Waals surface area contributed by atoms with E-state index in [1.165, 1.54) is 64.2 Å². The number of hydrogen-bond acceptors (Lipinski definition) is 8. The van der Waals surface area contributed by atoms with Crippen molar-refractivity contribution < 1.29 is 42.1 Å². The van der Waals surface area contributed by atoms with E-state index in [0.29, 0.717) is 17.4 Å². The first-order valence-electron chi connectivity index (χ1n) is 20.7. The fraction of sp³-hybridized carbons (Fsp3) is 0.810. The Kier molecular flexibility index (Phi) is 33.8. The number of likely N-dealkylation sites (N-methyl/N-ethyl adjacent to an activating group) is 1. The molecule has 2 unspecified atom stereocenters. The first-order valence-corrected chi connectivity index (χ1v) is 22.2. The van der Waals surface area contributed by atoms with Gasteiger partial charge in [-0.25, -0.2) is 0 Å². The van der Waals surface area contributed by atoms with E-state index in [2.05, 4.69) is 50.3 Å². The maximum absolute atomic E-state index is 12.6. The second kappa shape index (κ2) is 35.0. The van der Waals surface area contributed by atoms with E-state index >= 15 is 0 Å². The molecule has 0 spiro atoms. The minimum atomic E-state index is -4.62. The van der Waals surface area contributed by atoms with Crippen molar-refractivity contribution >= 4 is 19.8 Å². The molecule has 0 saturated carbocycles. The summed E-state index contributed by atoms with van der Waals surface area (Å²) in [6.45, 7) is 4.15. The van der Waals surface area contributed by atoms with Crippen molar-refractivity contribution in [3.05, 3.63) is 36.5 Å². The number of esters is 2. The van der Waals surface area contributed by atoms with Crippen molar-refractivity contribution in [1.82, 2.24) is 0 Å². The third-order valence-corrected chi connectivity index (χ3v) is 9.63. The Labute approximate surface area is 319 Å². The van der Waals surface area contributed by atoms with Gasteiger partial charge in [0.1, 0.15) is 19.8 Å². The Hall–Kier alpha value is -1.77. The second-order valence-electron chi connectivity index (χ2n) is 15.0. The molecule has 10 heteroatoms. The van der Waals surface area contributed by atoms with Crippen LogP contribution in [0.15, 0.2) is 36.5 Å². The van der Waals surface area contributed by atoms with Crippen molar-refractivity contribution in [2.45, 2.75) is 174 Å². The van der Waals surface area contributed by atoms with Crippen LogP contribution in [0.2, 0.25) is 0 Å². The number of phosphoric ester groups is 1. The quantitative estimate of drug-likeness (QED) is 0.0203. The summed E-state index contributed by atoms with van der Waals surface area (Å²) in [7, 11) is 1.15. The number of allylic oxidation sites excluding steroid dienone is 6. The smallest absolute Gasteiger partial charge is 0.306 e. The van der Waals surface area contributed by atoms with Crippen LogP contribution in [-0.4, -0.2) is 70.0 Å². The molecular formula is C42H78NO8P. The van der Waals surface area contributed by atoms with E-state index in [4.69, 9.17) is 18.5 Å². The average molecular weight is 756 g/mol. The second-order valence-corrected chi connectivity index (χ2v) is 16.4. The van der Waals surface area contributed by atoms with Crippen LogP contribution in [0.4, 0.5) is 0 Å². The zero-order chi connectivity index (χ0) is 38.6. The highest BCUT2D eigenvalue weighted by Gasteiger charge is 2.21. The molecule has 0 fully saturated rings. The van der Waals surface area contributed by atoms with Crippen LogP contribution in [0.5, 0.6) is 0 Å². The van der Waals surface area contributed by atoms with Gasteiger partial charge in [-0.05, 0) is 51.4 Å². The molecule has 2 atom stereocenters. The molecule has 0 heterocycles. The molecule has 0 saturated heterocycles. The monoisotopic (exact) mass is 756 g/mol. The Balaban J connectivity index is 4.37. The van der Waals surface area contributed by atoms with Gasteiger partial charge in [0.05, 0.1) is 27.7 Å². The van der Waals surface area contributed by atoms with E-state index in [1.54, 1.807) is 0 Å². The van der Waals surface area contributed by atoms with E-state index in [9.17, 15) is 19.0 Å². The molecule has 0 aromatic heterocycles. The SMILES string of the molecule is CCCCC/C=C\C/C=C\C/C=C\CCCCCCCCC(=O)OC(COC(=O)CCCCCCCCCCC)COP(=O)([O-])OCC[N+](C)(C)C. The lowest BCUT2D eigenvalue weighted by atomic mass is 10.1. The third kappa shape index (κ3) is 38.0. The maximum atomic E-state index is 12.6. The molecule has 0 rings (SSSR count). The van der Waals surface area contributed by atoms with Crippen LogP contribution in [0.1, 0.15) is 168 Å². The van der Waals surface area contributed by atoms with Crippen molar-refractivity contribution in [2.24, 2.45) is 0 Å². The highest BCUT2D eigenvalue weighted by atomic mass is 31.2. The molecule has 0 aliphatic carbocycles. The lowest BCUT2D eigenvalue weighted by Gasteiger charge is -2.28. The summed E-state index contributed by atoms with van der Waals surface area (Å²) in [6.07, 6.45) is 37.4. The average Bonchev–Trinajstić information content (AvgIpc) is 3.09. The van der Waals surface area contributed by atoms with Crippen LogP contribution in [0.3, 0.4) is 0 Å². The zero-order valence-corrected chi connectivity index (χ0v) is 34.9. The lowest BCUT2D eigenvalue weighted by Crippen LogP contribution is -2.37. The highest BCUT2D eigenvalue weighted by Crippen LogP contribution is 2.38. The minimum absolute atomic E-state index is 0.0334. The Morgan fingerprint density at radius 3 is 1.58 bits per heavy atom. The fourth-order valence-electron chi connectivity index (χ4n) is 5.37. The van der Waals surface area contributed by atoms with Crippen LogP contribution >= 0.6 is 7.82 Å². The number of carbonyl (C=O) groups excluding carboxylic acids is 2. The predicted molar refractivity (Wildman–Crippen MR) is 213 cm³/mol. The van der Waals surface area contributed by atoms with Crippen molar-refractivity contribution in [2.75, 3.05) is 47.5 Å². The van der Waals surface area contributed by atoms with Gasteiger partial charge in [0.2, 0.25) is 0 Å². The molecule has 0 aliphatic heterocycles. The van der Waals surface area contributed by atoms with Crippen LogP contribution in [0, 0.1) is 0 Å². The summed E-state index contributed by atoms with van der Waals surface area (Å²) >= 11 is 0. The van der Waals surface area contributed by atoms with Crippen molar-refractivity contribution in [3.63, 3.8) is 0 Å². The molecule has 9 nitrogen and oxygen atoms in total. The van der Waals surface area contributed by atoms with Crippen LogP contribution < -0.4 is 4.89 Å². The van der Waals surface area contributed by atoms with Gasteiger partial charge in [-0.3, -0.25) is 14.2 Å². The maximum Gasteiger partial charge on any atom is 0.306 e. The van der Waals surface area contributed by atoms with E-state index in [-0.39, 0.29) is 26.1 Å². The van der Waals surface area contributed by atoms with Crippen molar-refractivity contribution in [3.8, 4) is 0 Å². The summed E-state index contributed by atoms with van der Waals surface area (Å²) < 4.78 is 33.8. The Morgan fingerprint density at radius 2 is 1.04 bits per heavy atom. The molecule has 0 aromatic carbocycles. The van der Waals surface area contributed by atoms with E-state index in [1.807, 2.05) is 21.1 Å². The molecule has 0 aliphatic rings. The summed E-state index contributed by atoms with van der Waals surface area (Å²) in [5.41, 5.74) is 0. The molecule has 0 bridgehead atoms. The number of unbranched alkanes of at least 4 members (excludes halogenated alkanes) is 17. The summed E-state index contributed by atoms with van der Waals surface area (Å²) in [4.78, 5) is 37.3. The summed E-state index contributed by atoms with van der Waals surface area (Å²) in [5.74, 6) is -0.852. The number of carbonyl (C=O) groups is 2. The van der Waals surface area contributed by atoms with E-state index in [0.717, 1.165) is 70.6 Å². The molecule has 0 amide bonds. The lowest BCUT2D eigenvalue weighted by molar-refractivity contribution is -0.870. The topological polar surface area (TPSA) is 111 Å². The summed E-state index contributed by atoms with van der Waals surface area (Å²) in [5, 5.41) is 0. The van der Waals surface area contributed by atoms with Gasteiger partial charge < -0.3 is 27.9 Å². The van der Waals surface area contributed by atoms with E-state index < -0.39 is 32.5 Å². The van der Waals surface area contributed by atoms with Gasteiger partial charge in [-0.15, -0.1) is 0 Å². The van der Waals surface area contributed by atoms with Gasteiger partial charge in [-0.1, -0.05) is 140 Å². The standard InChI is InChI=1S/C42H78NO8P/c1-6-8-10-12-14-16-17-18-19-20-21-22-23-24-25-27-29-31-33-35-42(45)51-40(39-50-52(46,47)49-37-36-43(3,4)5)38-48-41(44)34-32-30-28-26-15-13-11-9-7-2/h14,16,18-19,21-22,40H,6-13,15,17,20,23-39H2,1-5H3/b16-14-,19-18-,22-21-. The first kappa shape index (κ1) is 50.2. The Morgan fingerprint density at radius 1 is 0.596 bits per heavy atom. The molecule has 0 N–H and O–H groups in total. The van der Waals surface area contributed by atoms with Gasteiger partial charge in [-0.2, -0.15) is 0 Å². The van der Waals surface area contributed by atoms with Crippen molar-refractivity contribution in [1.29, 1.82) is 0 Å². The van der Waals surface area contributed by atoms with Gasteiger partial charge in [0.25, 0.3) is 7.82 Å². The van der Waals surface area contributed by atoms with Crippen LogP contribution in [0.25, 0.3) is 0 Å². The molecule has 304 valence electrons. The van der Waals surface area contributed by atoms with Gasteiger partial charge >= 0.3 is 11.9 Å². The van der Waals surface area contributed by atoms with Crippen LogP contribution in [-0.2, 0) is 32.7 Å². The third-order valence-electron chi connectivity index (χ3n) is 8.66. The first-order chi connectivity index (χ1) is 25.0. The summed E-state index contributed by atoms with van der Waals surface area (Å²) in [6, 6.07) is 0. The largest absolute Gasteiger partial charge is 0.756 e. The number of quaternary nitrogens is 1.